The van der Waals surface area contributed by atoms with Gasteiger partial charge in [0.15, 0.2) is 14.9 Å². The van der Waals surface area contributed by atoms with Gasteiger partial charge in [0, 0.05) is 13.6 Å². The van der Waals surface area contributed by atoms with E-state index in [1.54, 1.807) is 33.0 Å². The summed E-state index contributed by atoms with van der Waals surface area (Å²) in [6.45, 7) is 12.4. The number of pyridine rings is 1. The molecule has 0 aliphatic heterocycles. The molecule has 114 valence electrons. The van der Waals surface area contributed by atoms with Crippen LogP contribution in [0.4, 0.5) is 5.69 Å². The second kappa shape index (κ2) is 5.35. The standard InChI is InChI=1S/C15H26N2O2S/c1-14(2,3)11-17(7)12-8-9-13(16-10-12)20(18,19)15(4,5)6/h8-10H,11H2,1-7H3. The molecule has 0 fully saturated rings. The fourth-order valence-electron chi connectivity index (χ4n) is 1.87. The van der Waals surface area contributed by atoms with Gasteiger partial charge < -0.3 is 4.90 Å². The number of sulfone groups is 1. The molecule has 1 aromatic rings. The molecule has 0 unspecified atom stereocenters. The number of hydrogen-bond acceptors (Lipinski definition) is 4. The minimum absolute atomic E-state index is 0.137. The van der Waals surface area contributed by atoms with Gasteiger partial charge in [-0.15, -0.1) is 0 Å². The van der Waals surface area contributed by atoms with Crippen molar-refractivity contribution in [1.29, 1.82) is 0 Å². The molecule has 0 N–H and O–H groups in total. The van der Waals surface area contributed by atoms with E-state index >= 15 is 0 Å². The first-order valence-corrected chi connectivity index (χ1v) is 8.25. The Morgan fingerprint density at radius 3 is 2.00 bits per heavy atom. The number of rotatable bonds is 3. The van der Waals surface area contributed by atoms with Crippen molar-refractivity contribution in [2.45, 2.75) is 51.3 Å². The lowest BCUT2D eigenvalue weighted by molar-refractivity contribution is 0.419. The van der Waals surface area contributed by atoms with Crippen molar-refractivity contribution in [3.05, 3.63) is 18.3 Å². The third kappa shape index (κ3) is 3.95. The van der Waals surface area contributed by atoms with Crippen LogP contribution in [0.5, 0.6) is 0 Å². The van der Waals surface area contributed by atoms with Crippen LogP contribution in [-0.4, -0.2) is 31.7 Å². The van der Waals surface area contributed by atoms with Crippen LogP contribution in [-0.2, 0) is 9.84 Å². The smallest absolute Gasteiger partial charge is 0.200 e. The van der Waals surface area contributed by atoms with E-state index in [0.29, 0.717) is 0 Å². The molecule has 0 atom stereocenters. The lowest BCUT2D eigenvalue weighted by Gasteiger charge is -2.28. The van der Waals surface area contributed by atoms with Gasteiger partial charge >= 0.3 is 0 Å². The van der Waals surface area contributed by atoms with Gasteiger partial charge in [-0.05, 0) is 38.3 Å². The lowest BCUT2D eigenvalue weighted by Crippen LogP contribution is -2.30. The Balaban J connectivity index is 3.01. The van der Waals surface area contributed by atoms with Crippen molar-refractivity contribution in [2.24, 2.45) is 5.41 Å². The second-order valence-corrected chi connectivity index (χ2v) is 10.0. The zero-order valence-corrected chi connectivity index (χ0v) is 14.4. The van der Waals surface area contributed by atoms with E-state index < -0.39 is 14.6 Å². The fourth-order valence-corrected chi connectivity index (χ4v) is 2.94. The van der Waals surface area contributed by atoms with Crippen LogP contribution in [0.25, 0.3) is 0 Å². The Morgan fingerprint density at radius 1 is 1.10 bits per heavy atom. The van der Waals surface area contributed by atoms with E-state index in [2.05, 4.69) is 30.7 Å². The van der Waals surface area contributed by atoms with Gasteiger partial charge in [0.1, 0.15) is 0 Å². The highest BCUT2D eigenvalue weighted by atomic mass is 32.2. The van der Waals surface area contributed by atoms with Crippen molar-refractivity contribution in [3.63, 3.8) is 0 Å². The Bertz CT molecular complexity index is 549. The minimum atomic E-state index is -3.38. The van der Waals surface area contributed by atoms with Gasteiger partial charge in [0.2, 0.25) is 0 Å². The van der Waals surface area contributed by atoms with Crippen LogP contribution in [0.15, 0.2) is 23.4 Å². The fraction of sp³-hybridized carbons (Fsp3) is 0.667. The van der Waals surface area contributed by atoms with Crippen LogP contribution >= 0.6 is 0 Å². The maximum atomic E-state index is 12.3. The molecule has 4 nitrogen and oxygen atoms in total. The molecular formula is C15H26N2O2S. The van der Waals surface area contributed by atoms with E-state index in [1.807, 2.05) is 13.1 Å². The molecule has 0 saturated heterocycles. The number of anilines is 1. The van der Waals surface area contributed by atoms with Gasteiger partial charge in [0.05, 0.1) is 16.6 Å². The quantitative estimate of drug-likeness (QED) is 0.860. The molecule has 0 radical (unpaired) electrons. The SMILES string of the molecule is CN(CC(C)(C)C)c1ccc(S(=O)(=O)C(C)(C)C)nc1. The molecule has 0 aromatic carbocycles. The number of nitrogens with zero attached hydrogens (tertiary/aromatic N) is 2. The van der Waals surface area contributed by atoms with E-state index in [-0.39, 0.29) is 10.4 Å². The Hall–Kier alpha value is -1.10. The van der Waals surface area contributed by atoms with E-state index in [1.165, 1.54) is 0 Å². The van der Waals surface area contributed by atoms with Gasteiger partial charge in [-0.2, -0.15) is 0 Å². The zero-order valence-electron chi connectivity index (χ0n) is 13.6. The van der Waals surface area contributed by atoms with Crippen molar-refractivity contribution >= 4 is 15.5 Å². The third-order valence-corrected chi connectivity index (χ3v) is 5.36. The van der Waals surface area contributed by atoms with Crippen LogP contribution in [0.1, 0.15) is 41.5 Å². The molecule has 1 heterocycles. The van der Waals surface area contributed by atoms with E-state index in [9.17, 15) is 8.42 Å². The second-order valence-electron chi connectivity index (χ2n) is 7.39. The first kappa shape index (κ1) is 17.0. The van der Waals surface area contributed by atoms with Crippen molar-refractivity contribution in [2.75, 3.05) is 18.5 Å². The van der Waals surface area contributed by atoms with Gasteiger partial charge in [-0.1, -0.05) is 20.8 Å². The van der Waals surface area contributed by atoms with Crippen molar-refractivity contribution in [1.82, 2.24) is 4.98 Å². The molecule has 0 aliphatic rings. The summed E-state index contributed by atoms with van der Waals surface area (Å²) < 4.78 is 23.7. The molecule has 0 spiro atoms. The molecule has 1 rings (SSSR count). The summed E-state index contributed by atoms with van der Waals surface area (Å²) in [7, 11) is -1.40. The average Bonchev–Trinajstić information content (AvgIpc) is 2.25. The summed E-state index contributed by atoms with van der Waals surface area (Å²) in [4.78, 5) is 6.22. The van der Waals surface area contributed by atoms with E-state index in [0.717, 1.165) is 12.2 Å². The third-order valence-electron chi connectivity index (χ3n) is 2.95. The molecule has 0 bridgehead atoms. The van der Waals surface area contributed by atoms with Crippen LogP contribution < -0.4 is 4.90 Å². The first-order chi connectivity index (χ1) is 8.84. The van der Waals surface area contributed by atoms with Gasteiger partial charge in [0.25, 0.3) is 0 Å². The maximum absolute atomic E-state index is 12.3. The number of hydrogen-bond donors (Lipinski definition) is 0. The Kier molecular flexibility index (Phi) is 4.54. The molecule has 1 aromatic heterocycles. The highest BCUT2D eigenvalue weighted by Crippen LogP contribution is 2.25. The van der Waals surface area contributed by atoms with Crippen LogP contribution in [0, 0.1) is 5.41 Å². The average molecular weight is 298 g/mol. The van der Waals surface area contributed by atoms with E-state index in [4.69, 9.17) is 0 Å². The first-order valence-electron chi connectivity index (χ1n) is 6.76. The summed E-state index contributed by atoms with van der Waals surface area (Å²) in [6.07, 6.45) is 1.63. The molecule has 0 saturated carbocycles. The summed E-state index contributed by atoms with van der Waals surface area (Å²) in [5.74, 6) is 0. The maximum Gasteiger partial charge on any atom is 0.200 e. The summed E-state index contributed by atoms with van der Waals surface area (Å²) in [6, 6.07) is 3.41. The molecule has 0 aliphatic carbocycles. The highest BCUT2D eigenvalue weighted by Gasteiger charge is 2.32. The predicted octanol–water partition coefficient (Wildman–Crippen LogP) is 3.14. The molecular weight excluding hydrogens is 272 g/mol. The van der Waals surface area contributed by atoms with Crippen LogP contribution in [0.3, 0.4) is 0 Å². The lowest BCUT2D eigenvalue weighted by atomic mass is 9.96. The normalized spacial score (nSPS) is 13.3. The van der Waals surface area contributed by atoms with Crippen LogP contribution in [0.2, 0.25) is 0 Å². The van der Waals surface area contributed by atoms with Crippen molar-refractivity contribution in [3.8, 4) is 0 Å². The Morgan fingerprint density at radius 2 is 1.65 bits per heavy atom. The summed E-state index contributed by atoms with van der Waals surface area (Å²) in [5.41, 5.74) is 1.10. The monoisotopic (exact) mass is 298 g/mol. The van der Waals surface area contributed by atoms with Gasteiger partial charge in [-0.25, -0.2) is 13.4 Å². The molecule has 5 heteroatoms. The topological polar surface area (TPSA) is 50.3 Å². The zero-order chi connectivity index (χ0) is 15.8. The molecule has 0 amide bonds. The highest BCUT2D eigenvalue weighted by molar-refractivity contribution is 7.92. The van der Waals surface area contributed by atoms with Crippen molar-refractivity contribution < 1.29 is 8.42 Å². The largest absolute Gasteiger partial charge is 0.373 e. The molecule has 20 heavy (non-hydrogen) atoms. The Labute approximate surface area is 123 Å². The number of aromatic nitrogens is 1. The minimum Gasteiger partial charge on any atom is -0.373 e. The summed E-state index contributed by atoms with van der Waals surface area (Å²) in [5, 5.41) is 0.137. The predicted molar refractivity (Wildman–Crippen MR) is 83.9 cm³/mol. The summed E-state index contributed by atoms with van der Waals surface area (Å²) >= 11 is 0. The van der Waals surface area contributed by atoms with Gasteiger partial charge in [-0.3, -0.25) is 0 Å².